The van der Waals surface area contributed by atoms with E-state index in [1.165, 1.54) is 37.1 Å². The van der Waals surface area contributed by atoms with Gasteiger partial charge in [0.15, 0.2) is 11.5 Å². The number of nitrogens with one attached hydrogen (secondary N) is 2. The van der Waals surface area contributed by atoms with E-state index in [0.29, 0.717) is 17.8 Å². The molecule has 0 fully saturated rings. The molecule has 2 amide bonds. The van der Waals surface area contributed by atoms with Crippen LogP contribution < -0.4 is 37.2 Å². The van der Waals surface area contributed by atoms with Gasteiger partial charge in [0.2, 0.25) is 0 Å². The Balaban J connectivity index is 1.54. The highest BCUT2D eigenvalue weighted by Crippen LogP contribution is 2.23. The third-order valence-corrected chi connectivity index (χ3v) is 8.12. The molecule has 1 aromatic heterocycles. The molecule has 0 unspecified atom stereocenters. The van der Waals surface area contributed by atoms with Gasteiger partial charge in [-0.1, -0.05) is 113 Å². The standard InChI is InChI=1S/C39H41N5O7/c1-2-3-4-5-6-7-8-19-28-42-37(47)43(31-24-15-17-26-33(31)50-35(45)40-29-20-11-9-12-21-29)39(49)44(38(42)48)32-25-16-18-27-34(32)51-36(46)41-30-22-13-10-14-23-30/h9-18,20-27H,2-8,19,28H2,1H3,(H,40,45)(H,41,46). The normalized spacial score (nSPS) is 10.8. The molecular formula is C39H41N5O7. The third-order valence-electron chi connectivity index (χ3n) is 8.12. The molecule has 12 nitrogen and oxygen atoms in total. The number of anilines is 2. The van der Waals surface area contributed by atoms with Crippen LogP contribution in [-0.2, 0) is 6.54 Å². The molecule has 51 heavy (non-hydrogen) atoms. The van der Waals surface area contributed by atoms with Gasteiger partial charge in [0.1, 0.15) is 0 Å². The number of ether oxygens (including phenoxy) is 2. The van der Waals surface area contributed by atoms with Crippen molar-refractivity contribution in [1.82, 2.24) is 13.7 Å². The second-order valence-electron chi connectivity index (χ2n) is 11.8. The zero-order chi connectivity index (χ0) is 36.0. The van der Waals surface area contributed by atoms with E-state index in [1.54, 1.807) is 84.9 Å². The summed E-state index contributed by atoms with van der Waals surface area (Å²) < 4.78 is 13.8. The average molecular weight is 692 g/mol. The van der Waals surface area contributed by atoms with Crippen molar-refractivity contribution in [3.63, 3.8) is 0 Å². The molecule has 4 aromatic carbocycles. The largest absolute Gasteiger partial charge is 0.417 e. The van der Waals surface area contributed by atoms with E-state index in [0.717, 1.165) is 45.8 Å². The first-order valence-electron chi connectivity index (χ1n) is 17.1. The van der Waals surface area contributed by atoms with E-state index in [9.17, 15) is 24.0 Å². The fourth-order valence-corrected chi connectivity index (χ4v) is 5.58. The Morgan fingerprint density at radius 2 is 0.902 bits per heavy atom. The molecule has 0 saturated heterocycles. The lowest BCUT2D eigenvalue weighted by Gasteiger charge is -2.17. The van der Waals surface area contributed by atoms with Gasteiger partial charge in [-0.25, -0.2) is 37.7 Å². The van der Waals surface area contributed by atoms with E-state index in [4.69, 9.17) is 9.47 Å². The highest BCUT2D eigenvalue weighted by molar-refractivity contribution is 5.87. The predicted octanol–water partition coefficient (Wildman–Crippen LogP) is 7.51. The minimum absolute atomic E-state index is 0.0297. The van der Waals surface area contributed by atoms with Crippen LogP contribution >= 0.6 is 0 Å². The maximum atomic E-state index is 14.3. The first-order chi connectivity index (χ1) is 24.9. The highest BCUT2D eigenvalue weighted by atomic mass is 16.6. The smallest absolute Gasteiger partial charge is 0.408 e. The van der Waals surface area contributed by atoms with Gasteiger partial charge in [-0.3, -0.25) is 10.6 Å². The van der Waals surface area contributed by atoms with Gasteiger partial charge >= 0.3 is 29.3 Å². The van der Waals surface area contributed by atoms with Crippen LogP contribution in [0.15, 0.2) is 124 Å². The summed E-state index contributed by atoms with van der Waals surface area (Å²) in [6.45, 7) is 2.19. The summed E-state index contributed by atoms with van der Waals surface area (Å²) in [7, 11) is 0. The van der Waals surface area contributed by atoms with Crippen molar-refractivity contribution >= 4 is 23.6 Å². The topological polar surface area (TPSA) is 143 Å². The minimum atomic E-state index is -1.05. The molecule has 2 N–H and O–H groups in total. The summed E-state index contributed by atoms with van der Waals surface area (Å²) in [4.78, 5) is 68.3. The molecule has 0 aliphatic heterocycles. The van der Waals surface area contributed by atoms with E-state index < -0.39 is 29.3 Å². The van der Waals surface area contributed by atoms with Crippen LogP contribution in [0.1, 0.15) is 58.3 Å². The van der Waals surface area contributed by atoms with Crippen molar-refractivity contribution in [2.24, 2.45) is 0 Å². The van der Waals surface area contributed by atoms with Crippen LogP contribution in [0.3, 0.4) is 0 Å². The Morgan fingerprint density at radius 3 is 1.35 bits per heavy atom. The van der Waals surface area contributed by atoms with Gasteiger partial charge in [0.25, 0.3) is 0 Å². The summed E-state index contributed by atoms with van der Waals surface area (Å²) >= 11 is 0. The first-order valence-corrected chi connectivity index (χ1v) is 17.1. The summed E-state index contributed by atoms with van der Waals surface area (Å²) in [6.07, 6.45) is 6.20. The molecule has 0 radical (unpaired) electrons. The number of benzene rings is 4. The minimum Gasteiger partial charge on any atom is -0.408 e. The molecule has 0 spiro atoms. The summed E-state index contributed by atoms with van der Waals surface area (Å²) in [5.74, 6) is -0.193. The lowest BCUT2D eigenvalue weighted by Crippen LogP contribution is -2.53. The molecule has 0 aliphatic carbocycles. The summed E-state index contributed by atoms with van der Waals surface area (Å²) in [6, 6.07) is 29.4. The number of para-hydroxylation sites is 6. The van der Waals surface area contributed by atoms with E-state index in [1.807, 2.05) is 0 Å². The Bertz CT molecular complexity index is 1970. The maximum absolute atomic E-state index is 14.3. The van der Waals surface area contributed by atoms with Crippen molar-refractivity contribution in [1.29, 1.82) is 0 Å². The third kappa shape index (κ3) is 9.50. The predicted molar refractivity (Wildman–Crippen MR) is 197 cm³/mol. The molecule has 5 aromatic rings. The van der Waals surface area contributed by atoms with Crippen molar-refractivity contribution in [3.05, 3.63) is 141 Å². The van der Waals surface area contributed by atoms with Gasteiger partial charge in [0, 0.05) is 17.9 Å². The number of amides is 2. The van der Waals surface area contributed by atoms with Crippen LogP contribution in [0, 0.1) is 0 Å². The van der Waals surface area contributed by atoms with Crippen molar-refractivity contribution in [2.75, 3.05) is 10.6 Å². The molecule has 5 rings (SSSR count). The van der Waals surface area contributed by atoms with Crippen LogP contribution in [0.2, 0.25) is 0 Å². The zero-order valence-electron chi connectivity index (χ0n) is 28.5. The Labute approximate surface area is 294 Å². The lowest BCUT2D eigenvalue weighted by atomic mass is 10.1. The number of nitrogens with zero attached hydrogens (tertiary/aromatic N) is 3. The van der Waals surface area contributed by atoms with Gasteiger partial charge in [-0.05, 0) is 55.0 Å². The van der Waals surface area contributed by atoms with Crippen LogP contribution in [0.4, 0.5) is 21.0 Å². The number of unbranched alkanes of at least 4 members (excludes halogenated alkanes) is 7. The quantitative estimate of drug-likeness (QED) is 0.108. The highest BCUT2D eigenvalue weighted by Gasteiger charge is 2.23. The molecule has 0 atom stereocenters. The van der Waals surface area contributed by atoms with Gasteiger partial charge in [0.05, 0.1) is 11.4 Å². The Hall–Kier alpha value is -6.17. The second kappa shape index (κ2) is 18.0. The number of hydrogen-bond donors (Lipinski definition) is 2. The molecule has 0 saturated carbocycles. The van der Waals surface area contributed by atoms with E-state index in [2.05, 4.69) is 17.6 Å². The number of carbonyl (C=O) groups excluding carboxylic acids is 2. The molecule has 0 aliphatic rings. The number of hydrogen-bond acceptors (Lipinski definition) is 7. The number of rotatable bonds is 15. The summed E-state index contributed by atoms with van der Waals surface area (Å²) in [5.41, 5.74) is -2.01. The van der Waals surface area contributed by atoms with E-state index >= 15 is 0 Å². The molecule has 0 bridgehead atoms. The average Bonchev–Trinajstić information content (AvgIpc) is 3.13. The van der Waals surface area contributed by atoms with E-state index in [-0.39, 0.29) is 29.4 Å². The molecule has 1 heterocycles. The second-order valence-corrected chi connectivity index (χ2v) is 11.8. The number of aromatic nitrogens is 3. The molecule has 12 heteroatoms. The van der Waals surface area contributed by atoms with Gasteiger partial charge < -0.3 is 9.47 Å². The van der Waals surface area contributed by atoms with Crippen LogP contribution in [0.25, 0.3) is 11.4 Å². The fourth-order valence-electron chi connectivity index (χ4n) is 5.58. The van der Waals surface area contributed by atoms with Crippen LogP contribution in [-0.4, -0.2) is 25.9 Å². The Kier molecular flexibility index (Phi) is 12.7. The van der Waals surface area contributed by atoms with Gasteiger partial charge in [-0.15, -0.1) is 0 Å². The van der Waals surface area contributed by atoms with Gasteiger partial charge in [-0.2, -0.15) is 0 Å². The van der Waals surface area contributed by atoms with Crippen molar-refractivity contribution in [2.45, 2.75) is 64.8 Å². The number of carbonyl (C=O) groups is 2. The lowest BCUT2D eigenvalue weighted by molar-refractivity contribution is 0.214. The summed E-state index contributed by atoms with van der Waals surface area (Å²) in [5, 5.41) is 5.23. The molecular weight excluding hydrogens is 650 g/mol. The first kappa shape index (κ1) is 36.1. The van der Waals surface area contributed by atoms with Crippen molar-refractivity contribution in [3.8, 4) is 22.9 Å². The Morgan fingerprint density at radius 1 is 0.510 bits per heavy atom. The zero-order valence-corrected chi connectivity index (χ0v) is 28.5. The van der Waals surface area contributed by atoms with Crippen molar-refractivity contribution < 1.29 is 19.1 Å². The fraction of sp³-hybridized carbons (Fsp3) is 0.256. The SMILES string of the molecule is CCCCCCCCCCn1c(=O)n(-c2ccccc2OC(=O)Nc2ccccc2)c(=O)n(-c2ccccc2OC(=O)Nc2ccccc2)c1=O. The van der Waals surface area contributed by atoms with Crippen LogP contribution in [0.5, 0.6) is 11.5 Å². The molecule has 264 valence electrons. The maximum Gasteiger partial charge on any atom is 0.417 e. The monoisotopic (exact) mass is 691 g/mol.